The highest BCUT2D eigenvalue weighted by atomic mass is 16.4. The standard InChI is InChI=1S/C19H26O6/c1-3-13(17(20)21)10-16(19(24)25)11-15(18(22)23)9-12(2)14-7-5-4-6-8-14/h4-8,12-13,15-16H,3,9-11H2,1-2H3,(H,20,21)(H,22,23)(H,24,25). The van der Waals surface area contributed by atoms with Gasteiger partial charge in [0.25, 0.3) is 0 Å². The fraction of sp³-hybridized carbons (Fsp3) is 0.526. The zero-order valence-corrected chi connectivity index (χ0v) is 14.6. The predicted molar refractivity (Wildman–Crippen MR) is 92.4 cm³/mol. The molecule has 0 fully saturated rings. The molecule has 0 aromatic heterocycles. The summed E-state index contributed by atoms with van der Waals surface area (Å²) in [4.78, 5) is 34.3. The molecule has 0 aliphatic carbocycles. The topological polar surface area (TPSA) is 112 Å². The van der Waals surface area contributed by atoms with Crippen LogP contribution in [0.4, 0.5) is 0 Å². The van der Waals surface area contributed by atoms with Gasteiger partial charge in [-0.3, -0.25) is 14.4 Å². The van der Waals surface area contributed by atoms with Gasteiger partial charge in [-0.1, -0.05) is 44.2 Å². The van der Waals surface area contributed by atoms with Crippen molar-refractivity contribution in [1.29, 1.82) is 0 Å². The Hall–Kier alpha value is -2.37. The lowest BCUT2D eigenvalue weighted by molar-refractivity contribution is -0.148. The summed E-state index contributed by atoms with van der Waals surface area (Å²) < 4.78 is 0. The van der Waals surface area contributed by atoms with Crippen molar-refractivity contribution >= 4 is 17.9 Å². The van der Waals surface area contributed by atoms with Crippen LogP contribution in [0.25, 0.3) is 0 Å². The maximum Gasteiger partial charge on any atom is 0.306 e. The number of carbonyl (C=O) groups is 3. The summed E-state index contributed by atoms with van der Waals surface area (Å²) in [5.74, 6) is -5.85. The minimum Gasteiger partial charge on any atom is -0.481 e. The highest BCUT2D eigenvalue weighted by molar-refractivity contribution is 5.75. The van der Waals surface area contributed by atoms with Gasteiger partial charge in [0, 0.05) is 0 Å². The molecule has 6 heteroatoms. The smallest absolute Gasteiger partial charge is 0.306 e. The number of hydrogen-bond donors (Lipinski definition) is 3. The molecule has 6 nitrogen and oxygen atoms in total. The molecule has 0 spiro atoms. The first-order valence-electron chi connectivity index (χ1n) is 8.49. The molecular formula is C19H26O6. The molecule has 0 bridgehead atoms. The lowest BCUT2D eigenvalue weighted by Gasteiger charge is -2.23. The number of hydrogen-bond acceptors (Lipinski definition) is 3. The number of rotatable bonds is 11. The van der Waals surface area contributed by atoms with Gasteiger partial charge in [-0.2, -0.15) is 0 Å². The normalized spacial score (nSPS) is 15.8. The van der Waals surface area contributed by atoms with Crippen molar-refractivity contribution in [3.63, 3.8) is 0 Å². The summed E-state index contributed by atoms with van der Waals surface area (Å²) in [6, 6.07) is 9.45. The van der Waals surface area contributed by atoms with Crippen molar-refractivity contribution in [2.24, 2.45) is 17.8 Å². The van der Waals surface area contributed by atoms with Gasteiger partial charge in [0.05, 0.1) is 17.8 Å². The number of benzene rings is 1. The van der Waals surface area contributed by atoms with Gasteiger partial charge in [0.1, 0.15) is 0 Å². The van der Waals surface area contributed by atoms with Crippen molar-refractivity contribution < 1.29 is 29.7 Å². The van der Waals surface area contributed by atoms with Crippen LogP contribution in [-0.4, -0.2) is 33.2 Å². The summed E-state index contributed by atoms with van der Waals surface area (Å²) >= 11 is 0. The number of carboxylic acid groups (broad SMARTS) is 3. The number of carboxylic acids is 3. The quantitative estimate of drug-likeness (QED) is 0.563. The Labute approximate surface area is 147 Å². The van der Waals surface area contributed by atoms with E-state index < -0.39 is 35.7 Å². The molecule has 0 heterocycles. The summed E-state index contributed by atoms with van der Waals surface area (Å²) in [6.45, 7) is 3.59. The molecule has 0 amide bonds. The van der Waals surface area contributed by atoms with E-state index in [1.54, 1.807) is 6.92 Å². The van der Waals surface area contributed by atoms with Crippen LogP contribution >= 0.6 is 0 Å². The number of aliphatic carboxylic acids is 3. The summed E-state index contributed by atoms with van der Waals surface area (Å²) in [7, 11) is 0. The van der Waals surface area contributed by atoms with Crippen molar-refractivity contribution in [2.45, 2.75) is 45.4 Å². The molecule has 4 atom stereocenters. The zero-order chi connectivity index (χ0) is 19.0. The van der Waals surface area contributed by atoms with E-state index >= 15 is 0 Å². The first kappa shape index (κ1) is 20.7. The van der Waals surface area contributed by atoms with Crippen molar-refractivity contribution in [1.82, 2.24) is 0 Å². The Kier molecular flexibility index (Phi) is 8.11. The first-order chi connectivity index (χ1) is 11.8. The van der Waals surface area contributed by atoms with Crippen LogP contribution in [0.15, 0.2) is 30.3 Å². The SMILES string of the molecule is CCC(CC(CC(CC(C)c1ccccc1)C(=O)O)C(=O)O)C(=O)O. The Balaban J connectivity index is 2.84. The van der Waals surface area contributed by atoms with E-state index in [0.717, 1.165) is 5.56 Å². The molecule has 25 heavy (non-hydrogen) atoms. The zero-order valence-electron chi connectivity index (χ0n) is 14.6. The van der Waals surface area contributed by atoms with Crippen LogP contribution in [0.1, 0.15) is 51.0 Å². The molecule has 138 valence electrons. The van der Waals surface area contributed by atoms with Crippen LogP contribution in [0.5, 0.6) is 0 Å². The molecule has 0 saturated carbocycles. The van der Waals surface area contributed by atoms with E-state index in [-0.39, 0.29) is 18.8 Å². The highest BCUT2D eigenvalue weighted by Crippen LogP contribution is 2.30. The van der Waals surface area contributed by atoms with Gasteiger partial charge in [-0.15, -0.1) is 0 Å². The lowest BCUT2D eigenvalue weighted by atomic mass is 9.81. The third-order valence-electron chi connectivity index (χ3n) is 4.69. The maximum absolute atomic E-state index is 11.6. The fourth-order valence-electron chi connectivity index (χ4n) is 3.07. The fourth-order valence-corrected chi connectivity index (χ4v) is 3.07. The van der Waals surface area contributed by atoms with E-state index in [1.807, 2.05) is 37.3 Å². The van der Waals surface area contributed by atoms with Crippen LogP contribution in [0.2, 0.25) is 0 Å². The van der Waals surface area contributed by atoms with E-state index in [2.05, 4.69) is 0 Å². The lowest BCUT2D eigenvalue weighted by Crippen LogP contribution is -2.27. The predicted octanol–water partition coefficient (Wildman–Crippen LogP) is 3.47. The van der Waals surface area contributed by atoms with Gasteiger partial charge in [-0.25, -0.2) is 0 Å². The molecule has 3 N–H and O–H groups in total. The van der Waals surface area contributed by atoms with E-state index in [1.165, 1.54) is 0 Å². The Morgan fingerprint density at radius 1 is 0.800 bits per heavy atom. The molecule has 0 aliphatic rings. The summed E-state index contributed by atoms with van der Waals surface area (Å²) in [5, 5.41) is 28.0. The van der Waals surface area contributed by atoms with Gasteiger partial charge in [-0.05, 0) is 37.2 Å². The first-order valence-corrected chi connectivity index (χ1v) is 8.49. The van der Waals surface area contributed by atoms with E-state index in [0.29, 0.717) is 12.8 Å². The van der Waals surface area contributed by atoms with Crippen molar-refractivity contribution in [3.05, 3.63) is 35.9 Å². The second-order valence-electron chi connectivity index (χ2n) is 6.53. The molecule has 1 aromatic carbocycles. The minimum atomic E-state index is -1.14. The average Bonchev–Trinajstić information content (AvgIpc) is 2.57. The minimum absolute atomic E-state index is 0.0295. The monoisotopic (exact) mass is 350 g/mol. The van der Waals surface area contributed by atoms with Crippen molar-refractivity contribution in [2.75, 3.05) is 0 Å². The van der Waals surface area contributed by atoms with Crippen LogP contribution < -0.4 is 0 Å². The third-order valence-corrected chi connectivity index (χ3v) is 4.69. The molecule has 0 radical (unpaired) electrons. The van der Waals surface area contributed by atoms with Gasteiger partial charge >= 0.3 is 17.9 Å². The van der Waals surface area contributed by atoms with Crippen molar-refractivity contribution in [3.8, 4) is 0 Å². The van der Waals surface area contributed by atoms with Gasteiger partial charge < -0.3 is 15.3 Å². The van der Waals surface area contributed by atoms with Gasteiger partial charge in [0.15, 0.2) is 0 Å². The molecule has 0 saturated heterocycles. The third kappa shape index (κ3) is 6.57. The largest absolute Gasteiger partial charge is 0.481 e. The second-order valence-corrected chi connectivity index (χ2v) is 6.53. The molecule has 4 unspecified atom stereocenters. The van der Waals surface area contributed by atoms with Crippen LogP contribution in [0.3, 0.4) is 0 Å². The highest BCUT2D eigenvalue weighted by Gasteiger charge is 2.31. The summed E-state index contributed by atoms with van der Waals surface area (Å²) in [5.41, 5.74) is 0.998. The van der Waals surface area contributed by atoms with E-state index in [4.69, 9.17) is 5.11 Å². The van der Waals surface area contributed by atoms with Crippen LogP contribution in [-0.2, 0) is 14.4 Å². The molecule has 1 rings (SSSR count). The Bertz CT molecular complexity index is 583. The second kappa shape index (κ2) is 9.81. The average molecular weight is 350 g/mol. The molecule has 1 aromatic rings. The van der Waals surface area contributed by atoms with E-state index in [9.17, 15) is 24.6 Å². The Morgan fingerprint density at radius 3 is 1.68 bits per heavy atom. The summed E-state index contributed by atoms with van der Waals surface area (Å²) in [6.07, 6.45) is 0.514. The maximum atomic E-state index is 11.6. The van der Waals surface area contributed by atoms with Crippen LogP contribution in [0, 0.1) is 17.8 Å². The molecular weight excluding hydrogens is 324 g/mol. The van der Waals surface area contributed by atoms with Gasteiger partial charge in [0.2, 0.25) is 0 Å². The molecule has 0 aliphatic heterocycles. The Morgan fingerprint density at radius 2 is 1.24 bits per heavy atom.